The highest BCUT2D eigenvalue weighted by molar-refractivity contribution is 6.04. The second-order valence-electron chi connectivity index (χ2n) is 5.68. The zero-order valence-corrected chi connectivity index (χ0v) is 14.8. The van der Waals surface area contributed by atoms with E-state index in [0.717, 1.165) is 19.5 Å². The van der Waals surface area contributed by atoms with Crippen LogP contribution in [-0.2, 0) is 11.3 Å². The molecule has 0 amide bonds. The van der Waals surface area contributed by atoms with Crippen molar-refractivity contribution in [3.05, 3.63) is 60.0 Å². The molecular formula is C19H26FN3O2. The van der Waals surface area contributed by atoms with Gasteiger partial charge in [0.1, 0.15) is 5.82 Å². The third kappa shape index (κ3) is 7.87. The highest BCUT2D eigenvalue weighted by atomic mass is 19.1. The first-order valence-electron chi connectivity index (χ1n) is 8.13. The quantitative estimate of drug-likeness (QED) is 0.279. The summed E-state index contributed by atoms with van der Waals surface area (Å²) in [5.41, 5.74) is 1.46. The first kappa shape index (κ1) is 20.7. The summed E-state index contributed by atoms with van der Waals surface area (Å²) >= 11 is 0. The van der Waals surface area contributed by atoms with Gasteiger partial charge in [-0.1, -0.05) is 30.9 Å². The molecule has 0 saturated heterocycles. The van der Waals surface area contributed by atoms with E-state index in [2.05, 4.69) is 21.8 Å². The Bertz CT molecular complexity index is 641. The van der Waals surface area contributed by atoms with Crippen molar-refractivity contribution in [2.24, 2.45) is 4.99 Å². The van der Waals surface area contributed by atoms with Gasteiger partial charge in [-0.2, -0.15) is 0 Å². The fraction of sp³-hybridized carbons (Fsp3) is 0.368. The van der Waals surface area contributed by atoms with Crippen molar-refractivity contribution in [3.8, 4) is 0 Å². The van der Waals surface area contributed by atoms with Crippen LogP contribution in [0.3, 0.4) is 0 Å². The van der Waals surface area contributed by atoms with E-state index >= 15 is 0 Å². The lowest BCUT2D eigenvalue weighted by atomic mass is 10.2. The molecule has 0 saturated carbocycles. The van der Waals surface area contributed by atoms with E-state index < -0.39 is 5.97 Å². The standard InChI is InChI=1S/C19H26FN3O2/c1-4-15(19(24)25)12-17(21-2)13-22-10-7-11-23(3)14-16-8-5-6-9-18(16)20/h4-6,8-9,12,22H,1,7,10-11,13-14H2,2-3H3,(H,24,25)/b15-12+,21-17?. The maximum atomic E-state index is 13.6. The number of hydrogen-bond donors (Lipinski definition) is 2. The Labute approximate surface area is 148 Å². The molecule has 0 aromatic heterocycles. The Morgan fingerprint density at radius 2 is 2.16 bits per heavy atom. The van der Waals surface area contributed by atoms with E-state index in [1.807, 2.05) is 13.1 Å². The number of nitrogens with one attached hydrogen (secondary N) is 1. The molecule has 136 valence electrons. The van der Waals surface area contributed by atoms with Gasteiger partial charge in [-0.3, -0.25) is 4.99 Å². The summed E-state index contributed by atoms with van der Waals surface area (Å²) in [6.45, 7) is 6.11. The van der Waals surface area contributed by atoms with Gasteiger partial charge in [0.2, 0.25) is 0 Å². The molecular weight excluding hydrogens is 321 g/mol. The van der Waals surface area contributed by atoms with Crippen LogP contribution in [0, 0.1) is 5.82 Å². The summed E-state index contributed by atoms with van der Waals surface area (Å²) in [7, 11) is 3.58. The average Bonchev–Trinajstić information content (AvgIpc) is 2.59. The Hall–Kier alpha value is -2.31. The minimum absolute atomic E-state index is 0.118. The Morgan fingerprint density at radius 1 is 1.44 bits per heavy atom. The minimum Gasteiger partial charge on any atom is -0.478 e. The topological polar surface area (TPSA) is 64.9 Å². The number of halogens is 1. The number of hydrogen-bond acceptors (Lipinski definition) is 4. The van der Waals surface area contributed by atoms with Gasteiger partial charge >= 0.3 is 5.97 Å². The molecule has 0 radical (unpaired) electrons. The van der Waals surface area contributed by atoms with Crippen LogP contribution in [0.5, 0.6) is 0 Å². The van der Waals surface area contributed by atoms with Crippen LogP contribution in [0.25, 0.3) is 0 Å². The maximum Gasteiger partial charge on any atom is 0.335 e. The molecule has 0 spiro atoms. The van der Waals surface area contributed by atoms with Crippen molar-refractivity contribution in [3.63, 3.8) is 0 Å². The van der Waals surface area contributed by atoms with Crippen LogP contribution in [0.15, 0.2) is 53.6 Å². The van der Waals surface area contributed by atoms with Crippen molar-refractivity contribution >= 4 is 11.7 Å². The van der Waals surface area contributed by atoms with Crippen LogP contribution < -0.4 is 5.32 Å². The van der Waals surface area contributed by atoms with E-state index in [4.69, 9.17) is 5.11 Å². The van der Waals surface area contributed by atoms with Gasteiger partial charge in [-0.25, -0.2) is 9.18 Å². The van der Waals surface area contributed by atoms with Crippen LogP contribution in [-0.4, -0.2) is 55.4 Å². The van der Waals surface area contributed by atoms with E-state index in [0.29, 0.717) is 24.4 Å². The smallest absolute Gasteiger partial charge is 0.335 e. The first-order chi connectivity index (χ1) is 12.0. The van der Waals surface area contributed by atoms with Gasteiger partial charge in [0.05, 0.1) is 5.57 Å². The van der Waals surface area contributed by atoms with Crippen LogP contribution in [0.4, 0.5) is 4.39 Å². The maximum absolute atomic E-state index is 13.6. The molecule has 0 bridgehead atoms. The normalized spacial score (nSPS) is 12.5. The second kappa shape index (κ2) is 11.3. The molecule has 0 heterocycles. The molecule has 25 heavy (non-hydrogen) atoms. The molecule has 0 unspecified atom stereocenters. The third-order valence-corrected chi connectivity index (χ3v) is 3.67. The average molecular weight is 347 g/mol. The van der Waals surface area contributed by atoms with E-state index in [9.17, 15) is 9.18 Å². The number of rotatable bonds is 11. The van der Waals surface area contributed by atoms with E-state index in [-0.39, 0.29) is 11.4 Å². The molecule has 6 heteroatoms. The summed E-state index contributed by atoms with van der Waals surface area (Å²) < 4.78 is 13.6. The number of nitrogens with zero attached hydrogens (tertiary/aromatic N) is 2. The lowest BCUT2D eigenvalue weighted by Crippen LogP contribution is -2.27. The van der Waals surface area contributed by atoms with Crippen LogP contribution in [0.2, 0.25) is 0 Å². The van der Waals surface area contributed by atoms with E-state index in [1.54, 1.807) is 19.2 Å². The molecule has 2 N–H and O–H groups in total. The zero-order valence-electron chi connectivity index (χ0n) is 14.8. The number of aliphatic carboxylic acids is 1. The summed E-state index contributed by atoms with van der Waals surface area (Å²) in [5.74, 6) is -1.20. The molecule has 0 fully saturated rings. The number of benzene rings is 1. The predicted octanol–water partition coefficient (Wildman–Crippen LogP) is 2.50. The SMILES string of the molecule is C=C/C(=C\C(CNCCCN(C)Cc1ccccc1F)=NC)C(=O)O. The molecule has 5 nitrogen and oxygen atoms in total. The third-order valence-electron chi connectivity index (χ3n) is 3.67. The molecule has 1 aromatic carbocycles. The Kier molecular flexibility index (Phi) is 9.36. The Balaban J connectivity index is 2.32. The van der Waals surface area contributed by atoms with Crippen molar-refractivity contribution < 1.29 is 14.3 Å². The van der Waals surface area contributed by atoms with Gasteiger partial charge < -0.3 is 15.3 Å². The molecule has 1 rings (SSSR count). The zero-order chi connectivity index (χ0) is 18.7. The largest absolute Gasteiger partial charge is 0.478 e. The van der Waals surface area contributed by atoms with E-state index in [1.165, 1.54) is 18.2 Å². The van der Waals surface area contributed by atoms with Crippen molar-refractivity contribution in [1.29, 1.82) is 0 Å². The Morgan fingerprint density at radius 3 is 2.76 bits per heavy atom. The molecule has 0 aliphatic rings. The van der Waals surface area contributed by atoms with Gasteiger partial charge in [0.15, 0.2) is 0 Å². The lowest BCUT2D eigenvalue weighted by Gasteiger charge is -2.17. The fourth-order valence-electron chi connectivity index (χ4n) is 2.27. The summed E-state index contributed by atoms with van der Waals surface area (Å²) in [5, 5.41) is 12.2. The minimum atomic E-state index is -1.02. The highest BCUT2D eigenvalue weighted by Gasteiger charge is 2.06. The number of carboxylic acids is 1. The van der Waals surface area contributed by atoms with Gasteiger partial charge in [0, 0.05) is 31.4 Å². The van der Waals surface area contributed by atoms with Crippen molar-refractivity contribution in [1.82, 2.24) is 10.2 Å². The highest BCUT2D eigenvalue weighted by Crippen LogP contribution is 2.08. The number of aliphatic imine (C=N–C) groups is 1. The monoisotopic (exact) mass is 347 g/mol. The second-order valence-corrected chi connectivity index (χ2v) is 5.68. The summed E-state index contributed by atoms with van der Waals surface area (Å²) in [4.78, 5) is 17.1. The summed E-state index contributed by atoms with van der Waals surface area (Å²) in [6, 6.07) is 6.78. The number of carbonyl (C=O) groups is 1. The van der Waals surface area contributed by atoms with Gasteiger partial charge in [-0.15, -0.1) is 0 Å². The van der Waals surface area contributed by atoms with Crippen molar-refractivity contribution in [2.75, 3.05) is 33.7 Å². The lowest BCUT2D eigenvalue weighted by molar-refractivity contribution is -0.132. The van der Waals surface area contributed by atoms with Gasteiger partial charge in [0.25, 0.3) is 0 Å². The summed E-state index contributed by atoms with van der Waals surface area (Å²) in [6.07, 6.45) is 3.69. The molecule has 0 aliphatic carbocycles. The van der Waals surface area contributed by atoms with Crippen LogP contribution in [0.1, 0.15) is 12.0 Å². The molecule has 0 aliphatic heterocycles. The van der Waals surface area contributed by atoms with Crippen molar-refractivity contribution in [2.45, 2.75) is 13.0 Å². The van der Waals surface area contributed by atoms with Crippen LogP contribution >= 0.6 is 0 Å². The van der Waals surface area contributed by atoms with Gasteiger partial charge in [-0.05, 0) is 38.7 Å². The first-order valence-corrected chi connectivity index (χ1v) is 8.13. The fourth-order valence-corrected chi connectivity index (χ4v) is 2.27. The molecule has 1 aromatic rings. The number of carboxylic acid groups (broad SMARTS) is 1. The molecule has 0 atom stereocenters. The predicted molar refractivity (Wildman–Crippen MR) is 99.5 cm³/mol.